The van der Waals surface area contributed by atoms with Crippen molar-refractivity contribution < 1.29 is 9.13 Å². The van der Waals surface area contributed by atoms with Crippen LogP contribution in [0, 0.1) is 5.82 Å². The van der Waals surface area contributed by atoms with Gasteiger partial charge in [-0.25, -0.2) is 4.39 Å². The summed E-state index contributed by atoms with van der Waals surface area (Å²) in [5.41, 5.74) is 7.27. The van der Waals surface area contributed by atoms with E-state index in [4.69, 9.17) is 22.7 Å². The van der Waals surface area contributed by atoms with Crippen LogP contribution in [0.2, 0.25) is 0 Å². The number of nitrogens with two attached hydrogens (primary N) is 1. The monoisotopic (exact) mass is 282 g/mol. The Bertz CT molecular complexity index is 461. The molecule has 19 heavy (non-hydrogen) atoms. The molecule has 0 bridgehead atoms. The van der Waals surface area contributed by atoms with Crippen molar-refractivity contribution in [2.45, 2.75) is 25.4 Å². The normalized spacial score (nSPS) is 16.8. The fourth-order valence-corrected chi connectivity index (χ4v) is 2.63. The van der Waals surface area contributed by atoms with Gasteiger partial charge in [-0.15, -0.1) is 0 Å². The Hall–Kier alpha value is -1.04. The van der Waals surface area contributed by atoms with Crippen molar-refractivity contribution in [3.8, 4) is 0 Å². The molecule has 1 saturated heterocycles. The third-order valence-electron chi connectivity index (χ3n) is 3.57. The number of hydrogen-bond donors (Lipinski definition) is 1. The highest BCUT2D eigenvalue weighted by molar-refractivity contribution is 7.80. The third-order valence-corrected chi connectivity index (χ3v) is 3.79. The van der Waals surface area contributed by atoms with Crippen molar-refractivity contribution >= 4 is 17.2 Å². The molecule has 2 N–H and O–H groups in total. The van der Waals surface area contributed by atoms with Gasteiger partial charge < -0.3 is 10.5 Å². The van der Waals surface area contributed by atoms with Gasteiger partial charge in [0.05, 0.1) is 0 Å². The van der Waals surface area contributed by atoms with Crippen molar-refractivity contribution in [1.29, 1.82) is 0 Å². The van der Waals surface area contributed by atoms with Gasteiger partial charge in [0, 0.05) is 31.4 Å². The molecule has 1 aliphatic heterocycles. The van der Waals surface area contributed by atoms with E-state index < -0.39 is 0 Å². The van der Waals surface area contributed by atoms with Gasteiger partial charge in [-0.05, 0) is 37.6 Å². The predicted molar refractivity (Wildman–Crippen MR) is 77.6 cm³/mol. The largest absolute Gasteiger partial charge is 0.389 e. The Morgan fingerprint density at radius 2 is 2.16 bits per heavy atom. The molecule has 1 aliphatic rings. The first-order chi connectivity index (χ1) is 9.08. The highest BCUT2D eigenvalue weighted by Crippen LogP contribution is 2.18. The minimum atomic E-state index is -0.305. The minimum absolute atomic E-state index is 0.245. The lowest BCUT2D eigenvalue weighted by molar-refractivity contribution is 0.0407. The molecule has 104 valence electrons. The zero-order valence-electron chi connectivity index (χ0n) is 11.1. The second-order valence-corrected chi connectivity index (χ2v) is 5.36. The summed E-state index contributed by atoms with van der Waals surface area (Å²) in [5, 5.41) is 0. The first-order valence-corrected chi connectivity index (χ1v) is 6.85. The summed E-state index contributed by atoms with van der Waals surface area (Å²) in [6, 6.07) is 5.13. The average Bonchev–Trinajstić information content (AvgIpc) is 2.41. The topological polar surface area (TPSA) is 38.5 Å². The molecule has 0 unspecified atom stereocenters. The third kappa shape index (κ3) is 3.72. The molecule has 0 saturated carbocycles. The Balaban J connectivity index is 2.11. The second kappa shape index (κ2) is 6.41. The Kier molecular flexibility index (Phi) is 4.85. The molecule has 2 rings (SSSR count). The summed E-state index contributed by atoms with van der Waals surface area (Å²) >= 11 is 4.99. The van der Waals surface area contributed by atoms with Crippen LogP contribution in [-0.4, -0.2) is 36.2 Å². The molecular weight excluding hydrogens is 263 g/mol. The van der Waals surface area contributed by atoms with E-state index >= 15 is 0 Å². The highest BCUT2D eigenvalue weighted by atomic mass is 32.1. The van der Waals surface area contributed by atoms with Crippen molar-refractivity contribution in [1.82, 2.24) is 4.90 Å². The number of rotatable bonds is 4. The summed E-state index contributed by atoms with van der Waals surface area (Å²) in [4.78, 5) is 2.51. The van der Waals surface area contributed by atoms with Crippen LogP contribution in [0.4, 0.5) is 4.39 Å². The fourth-order valence-electron chi connectivity index (χ4n) is 2.44. The van der Waals surface area contributed by atoms with Crippen molar-refractivity contribution in [3.63, 3.8) is 0 Å². The summed E-state index contributed by atoms with van der Waals surface area (Å²) < 4.78 is 18.6. The predicted octanol–water partition coefficient (Wildman–Crippen LogP) is 2.07. The number of hydrogen-bond acceptors (Lipinski definition) is 3. The molecule has 1 aromatic rings. The van der Waals surface area contributed by atoms with Crippen molar-refractivity contribution in [2.24, 2.45) is 5.73 Å². The standard InChI is InChI=1S/C14H19FN2OS/c1-17(12-4-6-18-7-5-12)9-10-2-3-11(15)8-13(10)14(16)19/h2-3,8,12H,4-7,9H2,1H3,(H2,16,19). The zero-order valence-corrected chi connectivity index (χ0v) is 11.9. The molecule has 3 nitrogen and oxygen atoms in total. The lowest BCUT2D eigenvalue weighted by Crippen LogP contribution is -2.36. The van der Waals surface area contributed by atoms with E-state index in [1.807, 2.05) is 0 Å². The van der Waals surface area contributed by atoms with E-state index in [0.29, 0.717) is 11.6 Å². The van der Waals surface area contributed by atoms with Crippen LogP contribution in [0.5, 0.6) is 0 Å². The molecule has 0 atom stereocenters. The summed E-state index contributed by atoms with van der Waals surface area (Å²) in [6.07, 6.45) is 2.06. The molecule has 1 heterocycles. The van der Waals surface area contributed by atoms with E-state index in [0.717, 1.165) is 38.2 Å². The first-order valence-electron chi connectivity index (χ1n) is 6.44. The van der Waals surface area contributed by atoms with Crippen molar-refractivity contribution in [2.75, 3.05) is 20.3 Å². The summed E-state index contributed by atoms with van der Waals surface area (Å²) in [6.45, 7) is 2.33. The molecule has 0 amide bonds. The lowest BCUT2D eigenvalue weighted by Gasteiger charge is -2.31. The second-order valence-electron chi connectivity index (χ2n) is 4.92. The minimum Gasteiger partial charge on any atom is -0.389 e. The van der Waals surface area contributed by atoms with Gasteiger partial charge in [0.25, 0.3) is 0 Å². The van der Waals surface area contributed by atoms with Gasteiger partial charge >= 0.3 is 0 Å². The van der Waals surface area contributed by atoms with Crippen LogP contribution in [-0.2, 0) is 11.3 Å². The van der Waals surface area contributed by atoms with Crippen LogP contribution in [0.1, 0.15) is 24.0 Å². The van der Waals surface area contributed by atoms with Gasteiger partial charge in [-0.1, -0.05) is 18.3 Å². The lowest BCUT2D eigenvalue weighted by atomic mass is 10.0. The van der Waals surface area contributed by atoms with Gasteiger partial charge in [0.1, 0.15) is 10.8 Å². The maximum atomic E-state index is 13.3. The molecule has 5 heteroatoms. The number of halogens is 1. The highest BCUT2D eigenvalue weighted by Gasteiger charge is 2.19. The summed E-state index contributed by atoms with van der Waals surface area (Å²) in [7, 11) is 2.07. The van der Waals surface area contributed by atoms with E-state index in [-0.39, 0.29) is 10.8 Å². The molecule has 0 spiro atoms. The molecule has 0 radical (unpaired) electrons. The molecule has 0 aromatic heterocycles. The number of thiocarbonyl (C=S) groups is 1. The Labute approximate surface area is 118 Å². The fraction of sp³-hybridized carbons (Fsp3) is 0.500. The average molecular weight is 282 g/mol. The molecular formula is C14H19FN2OS. The van der Waals surface area contributed by atoms with Gasteiger partial charge in [0.15, 0.2) is 0 Å². The molecule has 1 aromatic carbocycles. The smallest absolute Gasteiger partial charge is 0.123 e. The summed E-state index contributed by atoms with van der Waals surface area (Å²) in [5.74, 6) is -0.305. The van der Waals surface area contributed by atoms with E-state index in [9.17, 15) is 4.39 Å². The number of nitrogens with zero attached hydrogens (tertiary/aromatic N) is 1. The Morgan fingerprint density at radius 3 is 2.79 bits per heavy atom. The van der Waals surface area contributed by atoms with Crippen LogP contribution < -0.4 is 5.73 Å². The molecule has 0 aliphatic carbocycles. The van der Waals surface area contributed by atoms with Crippen LogP contribution in [0.25, 0.3) is 0 Å². The van der Waals surface area contributed by atoms with E-state index in [2.05, 4.69) is 11.9 Å². The van der Waals surface area contributed by atoms with Crippen LogP contribution in [0.3, 0.4) is 0 Å². The quantitative estimate of drug-likeness (QED) is 0.858. The number of ether oxygens (including phenoxy) is 1. The van der Waals surface area contributed by atoms with Crippen molar-refractivity contribution in [3.05, 3.63) is 35.1 Å². The van der Waals surface area contributed by atoms with Gasteiger partial charge in [-0.3, -0.25) is 4.90 Å². The molecule has 1 fully saturated rings. The Morgan fingerprint density at radius 1 is 1.47 bits per heavy atom. The SMILES string of the molecule is CN(Cc1ccc(F)cc1C(N)=S)C1CCOCC1. The maximum absolute atomic E-state index is 13.3. The first kappa shape index (κ1) is 14.4. The van der Waals surface area contributed by atoms with Crippen LogP contribution >= 0.6 is 12.2 Å². The van der Waals surface area contributed by atoms with Gasteiger partial charge in [0.2, 0.25) is 0 Å². The number of benzene rings is 1. The van der Waals surface area contributed by atoms with Gasteiger partial charge in [-0.2, -0.15) is 0 Å². The van der Waals surface area contributed by atoms with Crippen LogP contribution in [0.15, 0.2) is 18.2 Å². The maximum Gasteiger partial charge on any atom is 0.123 e. The zero-order chi connectivity index (χ0) is 13.8. The van der Waals surface area contributed by atoms with E-state index in [1.165, 1.54) is 12.1 Å². The van der Waals surface area contributed by atoms with E-state index in [1.54, 1.807) is 6.07 Å².